The van der Waals surface area contributed by atoms with Crippen LogP contribution in [0, 0.1) is 10.1 Å². The second kappa shape index (κ2) is 7.36. The smallest absolute Gasteiger partial charge is 0.273 e. The Morgan fingerprint density at radius 2 is 2.04 bits per heavy atom. The number of ketones is 1. The highest BCUT2D eigenvalue weighted by atomic mass is 32.2. The van der Waals surface area contributed by atoms with Gasteiger partial charge in [-0.2, -0.15) is 0 Å². The number of hydrogen-bond donors (Lipinski definition) is 0. The number of Topliss-reactive ketones (excluding diaryl/α,β-unsaturated/α-hetero) is 1. The monoisotopic (exact) mass is 390 g/mol. The highest BCUT2D eigenvalue weighted by molar-refractivity contribution is 7.92. The predicted octanol–water partition coefficient (Wildman–Crippen LogP) is 2.57. The molecule has 0 aliphatic carbocycles. The predicted molar refractivity (Wildman–Crippen MR) is 99.9 cm³/mol. The molecule has 0 aromatic heterocycles. The van der Waals surface area contributed by atoms with Crippen LogP contribution in [-0.4, -0.2) is 38.0 Å². The normalized spacial score (nSPS) is 13.3. The van der Waals surface area contributed by atoms with E-state index in [0.29, 0.717) is 24.2 Å². The van der Waals surface area contributed by atoms with E-state index in [1.165, 1.54) is 28.6 Å². The zero-order valence-corrected chi connectivity index (χ0v) is 15.4. The van der Waals surface area contributed by atoms with Crippen molar-refractivity contribution in [3.63, 3.8) is 0 Å². The molecule has 1 aliphatic rings. The van der Waals surface area contributed by atoms with Gasteiger partial charge in [0.2, 0.25) is 10.0 Å². The fourth-order valence-corrected chi connectivity index (χ4v) is 4.07. The Balaban J connectivity index is 1.72. The molecule has 0 N–H and O–H groups in total. The minimum absolute atomic E-state index is 0.0180. The fraction of sp³-hybridized carbons (Fsp3) is 0.278. The topological polar surface area (TPSA) is 107 Å². The molecule has 3 rings (SSSR count). The molecule has 0 saturated heterocycles. The Morgan fingerprint density at radius 3 is 2.74 bits per heavy atom. The Morgan fingerprint density at radius 1 is 1.26 bits per heavy atom. The molecule has 0 fully saturated rings. The third-order valence-electron chi connectivity index (χ3n) is 4.35. The summed E-state index contributed by atoms with van der Waals surface area (Å²) in [6.45, 7) is 1.70. The fourth-order valence-electron chi connectivity index (χ4n) is 2.91. The van der Waals surface area contributed by atoms with Gasteiger partial charge in [-0.25, -0.2) is 8.42 Å². The highest BCUT2D eigenvalue weighted by Gasteiger charge is 2.28. The SMILES string of the molecule is CCS(=O)(=O)N1CCc2cc(C(=O)COc3cccc([N+](=O)[O-])c3)ccc21. The number of nitrogens with zero attached hydrogens (tertiary/aromatic N) is 2. The third-order valence-corrected chi connectivity index (χ3v) is 6.13. The molecule has 8 nitrogen and oxygen atoms in total. The van der Waals surface area contributed by atoms with Gasteiger partial charge < -0.3 is 4.74 Å². The van der Waals surface area contributed by atoms with Crippen LogP contribution >= 0.6 is 0 Å². The molecule has 0 spiro atoms. The summed E-state index contributed by atoms with van der Waals surface area (Å²) in [4.78, 5) is 22.6. The average Bonchev–Trinajstić information content (AvgIpc) is 3.10. The number of rotatable bonds is 7. The van der Waals surface area contributed by atoms with Crippen molar-refractivity contribution in [2.75, 3.05) is 23.2 Å². The largest absolute Gasteiger partial charge is 0.485 e. The van der Waals surface area contributed by atoms with Gasteiger partial charge in [0.25, 0.3) is 5.69 Å². The number of hydrogen-bond acceptors (Lipinski definition) is 6. The van der Waals surface area contributed by atoms with E-state index in [4.69, 9.17) is 4.74 Å². The molecule has 27 heavy (non-hydrogen) atoms. The van der Waals surface area contributed by atoms with Crippen LogP contribution in [0.3, 0.4) is 0 Å². The summed E-state index contributed by atoms with van der Waals surface area (Å²) < 4.78 is 31.0. The van der Waals surface area contributed by atoms with E-state index >= 15 is 0 Å². The van der Waals surface area contributed by atoms with Gasteiger partial charge in [0, 0.05) is 18.2 Å². The Bertz CT molecular complexity index is 1000. The van der Waals surface area contributed by atoms with Crippen LogP contribution in [0.15, 0.2) is 42.5 Å². The number of nitro groups is 1. The van der Waals surface area contributed by atoms with Gasteiger partial charge in [0.1, 0.15) is 5.75 Å². The first kappa shape index (κ1) is 18.8. The average molecular weight is 390 g/mol. The number of benzene rings is 2. The zero-order chi connectivity index (χ0) is 19.6. The number of ether oxygens (including phenoxy) is 1. The first-order valence-corrected chi connectivity index (χ1v) is 9.96. The van der Waals surface area contributed by atoms with Crippen LogP contribution in [-0.2, 0) is 16.4 Å². The lowest BCUT2D eigenvalue weighted by Crippen LogP contribution is -2.30. The van der Waals surface area contributed by atoms with Gasteiger partial charge in [-0.05, 0) is 43.2 Å². The third kappa shape index (κ3) is 3.92. The van der Waals surface area contributed by atoms with Gasteiger partial charge in [-0.3, -0.25) is 19.2 Å². The van der Waals surface area contributed by atoms with E-state index in [1.54, 1.807) is 25.1 Å². The van der Waals surface area contributed by atoms with Crippen LogP contribution in [0.2, 0.25) is 0 Å². The van der Waals surface area contributed by atoms with Crippen molar-refractivity contribution in [2.45, 2.75) is 13.3 Å². The van der Waals surface area contributed by atoms with E-state index < -0.39 is 14.9 Å². The van der Waals surface area contributed by atoms with E-state index in [2.05, 4.69) is 0 Å². The summed E-state index contributed by atoms with van der Waals surface area (Å²) in [5, 5.41) is 10.8. The second-order valence-electron chi connectivity index (χ2n) is 6.03. The van der Waals surface area contributed by atoms with Crippen molar-refractivity contribution >= 4 is 27.2 Å². The summed E-state index contributed by atoms with van der Waals surface area (Å²) >= 11 is 0. The lowest BCUT2D eigenvalue weighted by Gasteiger charge is -2.18. The minimum atomic E-state index is -3.33. The number of nitro benzene ring substituents is 1. The van der Waals surface area contributed by atoms with E-state index in [-0.39, 0.29) is 29.6 Å². The lowest BCUT2D eigenvalue weighted by molar-refractivity contribution is -0.384. The Kier molecular flexibility index (Phi) is 5.13. The molecule has 1 heterocycles. The van der Waals surface area contributed by atoms with Crippen LogP contribution in [0.5, 0.6) is 5.75 Å². The number of fused-ring (bicyclic) bond motifs is 1. The Labute approximate surface area is 156 Å². The minimum Gasteiger partial charge on any atom is -0.485 e. The molecule has 0 amide bonds. The van der Waals surface area contributed by atoms with E-state index in [9.17, 15) is 23.3 Å². The van der Waals surface area contributed by atoms with E-state index in [1.807, 2.05) is 0 Å². The molecular formula is C18H18N2O6S. The molecule has 142 valence electrons. The molecule has 0 bridgehead atoms. The van der Waals surface area contributed by atoms with Crippen molar-refractivity contribution in [3.8, 4) is 5.75 Å². The maximum Gasteiger partial charge on any atom is 0.273 e. The number of anilines is 1. The summed E-state index contributed by atoms with van der Waals surface area (Å²) in [7, 11) is -3.33. The van der Waals surface area contributed by atoms with Crippen LogP contribution in [0.25, 0.3) is 0 Å². The maximum absolute atomic E-state index is 12.4. The van der Waals surface area contributed by atoms with Crippen molar-refractivity contribution in [1.29, 1.82) is 0 Å². The highest BCUT2D eigenvalue weighted by Crippen LogP contribution is 2.31. The number of carbonyl (C=O) groups is 1. The van der Waals surface area contributed by atoms with Crippen molar-refractivity contribution in [3.05, 3.63) is 63.7 Å². The molecule has 0 radical (unpaired) electrons. The van der Waals surface area contributed by atoms with Gasteiger partial charge in [-0.15, -0.1) is 0 Å². The van der Waals surface area contributed by atoms with E-state index in [0.717, 1.165) is 5.56 Å². The lowest BCUT2D eigenvalue weighted by atomic mass is 10.1. The molecule has 0 saturated carbocycles. The molecule has 0 atom stereocenters. The molecule has 9 heteroatoms. The van der Waals surface area contributed by atoms with Gasteiger partial charge in [-0.1, -0.05) is 6.07 Å². The van der Waals surface area contributed by atoms with Gasteiger partial charge in [0.15, 0.2) is 12.4 Å². The van der Waals surface area contributed by atoms with Crippen molar-refractivity contribution < 1.29 is 22.9 Å². The maximum atomic E-state index is 12.4. The first-order chi connectivity index (χ1) is 12.8. The Hall–Kier alpha value is -2.94. The first-order valence-electron chi connectivity index (χ1n) is 8.35. The van der Waals surface area contributed by atoms with Crippen LogP contribution in [0.4, 0.5) is 11.4 Å². The molecule has 1 aliphatic heterocycles. The van der Waals surface area contributed by atoms with Crippen LogP contribution in [0.1, 0.15) is 22.8 Å². The van der Waals surface area contributed by atoms with Gasteiger partial charge >= 0.3 is 0 Å². The molecular weight excluding hydrogens is 372 g/mol. The summed E-state index contributed by atoms with van der Waals surface area (Å²) in [5.41, 5.74) is 1.70. The summed E-state index contributed by atoms with van der Waals surface area (Å²) in [6.07, 6.45) is 0.543. The second-order valence-corrected chi connectivity index (χ2v) is 8.21. The zero-order valence-electron chi connectivity index (χ0n) is 14.6. The van der Waals surface area contributed by atoms with Crippen molar-refractivity contribution in [2.24, 2.45) is 0 Å². The number of carbonyl (C=O) groups excluding carboxylic acids is 1. The number of non-ortho nitro benzene ring substituents is 1. The molecule has 0 unspecified atom stereocenters. The van der Waals surface area contributed by atoms with Crippen molar-refractivity contribution in [1.82, 2.24) is 0 Å². The standard InChI is InChI=1S/C18H18N2O6S/c1-2-27(24,25)19-9-8-13-10-14(6-7-17(13)19)18(21)12-26-16-5-3-4-15(11-16)20(22)23/h3-7,10-11H,2,8-9,12H2,1H3. The molecule has 2 aromatic carbocycles. The van der Waals surface area contributed by atoms with Crippen LogP contribution < -0.4 is 9.04 Å². The quantitative estimate of drug-likeness (QED) is 0.409. The molecule has 2 aromatic rings. The summed E-state index contributed by atoms with van der Waals surface area (Å²) in [5.74, 6) is -0.0375. The summed E-state index contributed by atoms with van der Waals surface area (Å²) in [6, 6.07) is 10.5. The number of sulfonamides is 1. The van der Waals surface area contributed by atoms with Gasteiger partial charge in [0.05, 0.1) is 22.4 Å².